The van der Waals surface area contributed by atoms with Crippen LogP contribution in [0.3, 0.4) is 0 Å². The van der Waals surface area contributed by atoms with Gasteiger partial charge in [-0.25, -0.2) is 9.97 Å². The highest BCUT2D eigenvalue weighted by Crippen LogP contribution is 2.38. The summed E-state index contributed by atoms with van der Waals surface area (Å²) in [4.78, 5) is 24.2. The van der Waals surface area contributed by atoms with Gasteiger partial charge in [0.1, 0.15) is 5.52 Å². The molecule has 2 saturated heterocycles. The van der Waals surface area contributed by atoms with E-state index in [9.17, 15) is 9.90 Å². The van der Waals surface area contributed by atoms with Crippen molar-refractivity contribution in [1.82, 2.24) is 24.8 Å². The van der Waals surface area contributed by atoms with Gasteiger partial charge in [0.15, 0.2) is 5.65 Å². The van der Waals surface area contributed by atoms with Crippen LogP contribution in [0.5, 0.6) is 0 Å². The summed E-state index contributed by atoms with van der Waals surface area (Å²) in [6, 6.07) is 2.09. The van der Waals surface area contributed by atoms with Crippen LogP contribution in [0.2, 0.25) is 0 Å². The summed E-state index contributed by atoms with van der Waals surface area (Å²) in [7, 11) is 1.86. The van der Waals surface area contributed by atoms with Gasteiger partial charge in [0.05, 0.1) is 24.0 Å². The van der Waals surface area contributed by atoms with Crippen molar-refractivity contribution in [1.29, 1.82) is 0 Å². The van der Waals surface area contributed by atoms with Crippen molar-refractivity contribution in [3.63, 3.8) is 0 Å². The second kappa shape index (κ2) is 7.66. The highest BCUT2D eigenvalue weighted by molar-refractivity contribution is 6.04. The molecule has 4 atom stereocenters. The SMILES string of the molecule is Cn1cnc2c(C(=O)N[C@H]3C[C@H]4CN(C5CCOCC5)C[C@H]4C[C@@H]3O)ccnc21. The Morgan fingerprint density at radius 2 is 1.97 bits per heavy atom. The molecule has 3 aliphatic rings. The third-order valence-corrected chi connectivity index (χ3v) is 7.04. The van der Waals surface area contributed by atoms with E-state index < -0.39 is 6.10 Å². The van der Waals surface area contributed by atoms with Crippen LogP contribution in [0.15, 0.2) is 18.6 Å². The van der Waals surface area contributed by atoms with Crippen LogP contribution in [0.1, 0.15) is 36.0 Å². The molecule has 29 heavy (non-hydrogen) atoms. The minimum Gasteiger partial charge on any atom is -0.391 e. The number of hydrogen-bond donors (Lipinski definition) is 2. The standard InChI is InChI=1S/C21H29N5O3/c1-25-12-23-19-16(2-5-22-20(19)25)21(28)24-17-8-13-10-26(11-14(13)9-18(17)27)15-3-6-29-7-4-15/h2,5,12-15,17-18,27H,3-4,6-11H2,1H3,(H,24,28)/t13-,14+,17-,18-/m0/s1. The Bertz CT molecular complexity index is 894. The molecular weight excluding hydrogens is 370 g/mol. The number of aromatic nitrogens is 3. The summed E-state index contributed by atoms with van der Waals surface area (Å²) < 4.78 is 7.31. The van der Waals surface area contributed by atoms with Crippen LogP contribution >= 0.6 is 0 Å². The number of rotatable bonds is 3. The first-order valence-corrected chi connectivity index (χ1v) is 10.7. The minimum atomic E-state index is -0.504. The van der Waals surface area contributed by atoms with E-state index in [-0.39, 0.29) is 11.9 Å². The topological polar surface area (TPSA) is 92.5 Å². The quantitative estimate of drug-likeness (QED) is 0.798. The lowest BCUT2D eigenvalue weighted by atomic mass is 9.77. The number of aliphatic hydroxyl groups is 1. The fraction of sp³-hybridized carbons (Fsp3) is 0.667. The minimum absolute atomic E-state index is 0.183. The van der Waals surface area contributed by atoms with E-state index in [0.29, 0.717) is 34.6 Å². The van der Waals surface area contributed by atoms with E-state index in [2.05, 4.69) is 20.2 Å². The van der Waals surface area contributed by atoms with Gasteiger partial charge >= 0.3 is 0 Å². The number of fused-ring (bicyclic) bond motifs is 2. The highest BCUT2D eigenvalue weighted by atomic mass is 16.5. The fourth-order valence-corrected chi connectivity index (χ4v) is 5.43. The molecule has 5 rings (SSSR count). The maximum atomic E-state index is 13.0. The van der Waals surface area contributed by atoms with Gasteiger partial charge in [-0.15, -0.1) is 0 Å². The molecule has 1 saturated carbocycles. The molecule has 8 nitrogen and oxygen atoms in total. The molecule has 1 aliphatic carbocycles. The molecule has 0 bridgehead atoms. The number of carbonyl (C=O) groups is 1. The van der Waals surface area contributed by atoms with Crippen molar-refractivity contribution in [2.75, 3.05) is 26.3 Å². The summed E-state index contributed by atoms with van der Waals surface area (Å²) in [6.45, 7) is 3.83. The van der Waals surface area contributed by atoms with Gasteiger partial charge in [0.25, 0.3) is 5.91 Å². The number of imidazole rings is 1. The lowest BCUT2D eigenvalue weighted by molar-refractivity contribution is 0.0398. The number of nitrogens with one attached hydrogen (secondary N) is 1. The smallest absolute Gasteiger partial charge is 0.253 e. The van der Waals surface area contributed by atoms with Gasteiger partial charge in [0.2, 0.25) is 0 Å². The Morgan fingerprint density at radius 1 is 1.21 bits per heavy atom. The Kier molecular flexibility index (Phi) is 5.01. The van der Waals surface area contributed by atoms with Crippen LogP contribution < -0.4 is 5.32 Å². The van der Waals surface area contributed by atoms with Crippen molar-refractivity contribution in [2.24, 2.45) is 18.9 Å². The molecule has 2 N–H and O–H groups in total. The largest absolute Gasteiger partial charge is 0.391 e. The summed E-state index contributed by atoms with van der Waals surface area (Å²) in [6.07, 6.45) is 6.58. The maximum absolute atomic E-state index is 13.0. The summed E-state index contributed by atoms with van der Waals surface area (Å²) in [5.74, 6) is 0.862. The van der Waals surface area contributed by atoms with Crippen LogP contribution in [0.25, 0.3) is 11.2 Å². The second-order valence-electron chi connectivity index (χ2n) is 8.82. The van der Waals surface area contributed by atoms with Crippen molar-refractivity contribution >= 4 is 17.1 Å². The zero-order valence-corrected chi connectivity index (χ0v) is 16.8. The zero-order chi connectivity index (χ0) is 20.0. The normalized spacial score (nSPS) is 31.1. The molecular formula is C21H29N5O3. The number of ether oxygens (including phenoxy) is 1. The van der Waals surface area contributed by atoms with E-state index in [1.807, 2.05) is 7.05 Å². The molecule has 8 heteroatoms. The molecule has 0 aromatic carbocycles. The average Bonchev–Trinajstić information content (AvgIpc) is 3.32. The van der Waals surface area contributed by atoms with Crippen molar-refractivity contribution in [3.05, 3.63) is 24.2 Å². The first-order valence-electron chi connectivity index (χ1n) is 10.7. The second-order valence-corrected chi connectivity index (χ2v) is 8.82. The van der Waals surface area contributed by atoms with Crippen LogP contribution in [0.4, 0.5) is 0 Å². The fourth-order valence-electron chi connectivity index (χ4n) is 5.43. The van der Waals surface area contributed by atoms with Crippen molar-refractivity contribution < 1.29 is 14.6 Å². The Hall–Kier alpha value is -2.03. The van der Waals surface area contributed by atoms with E-state index in [1.165, 1.54) is 0 Å². The van der Waals surface area contributed by atoms with Gasteiger partial charge in [-0.3, -0.25) is 9.69 Å². The van der Waals surface area contributed by atoms with Gasteiger partial charge in [0, 0.05) is 45.6 Å². The number of pyridine rings is 1. The predicted molar refractivity (Wildman–Crippen MR) is 107 cm³/mol. The van der Waals surface area contributed by atoms with Gasteiger partial charge in [-0.2, -0.15) is 0 Å². The Balaban J connectivity index is 1.27. The lowest BCUT2D eigenvalue weighted by Gasteiger charge is -2.35. The zero-order valence-electron chi connectivity index (χ0n) is 16.8. The van der Waals surface area contributed by atoms with E-state index in [1.54, 1.807) is 23.2 Å². The molecule has 4 heterocycles. The maximum Gasteiger partial charge on any atom is 0.253 e. The number of amides is 1. The van der Waals surface area contributed by atoms with Crippen molar-refractivity contribution in [3.8, 4) is 0 Å². The number of likely N-dealkylation sites (tertiary alicyclic amines) is 1. The van der Waals surface area contributed by atoms with Crippen LogP contribution in [-0.2, 0) is 11.8 Å². The summed E-state index contributed by atoms with van der Waals surface area (Å²) in [5.41, 5.74) is 1.80. The Morgan fingerprint density at radius 3 is 2.76 bits per heavy atom. The molecule has 2 aliphatic heterocycles. The monoisotopic (exact) mass is 399 g/mol. The number of aryl methyl sites for hydroxylation is 1. The summed E-state index contributed by atoms with van der Waals surface area (Å²) in [5, 5.41) is 13.8. The third kappa shape index (κ3) is 3.53. The first kappa shape index (κ1) is 19.0. The summed E-state index contributed by atoms with van der Waals surface area (Å²) >= 11 is 0. The van der Waals surface area contributed by atoms with E-state index in [4.69, 9.17) is 4.74 Å². The van der Waals surface area contributed by atoms with Crippen LogP contribution in [-0.4, -0.2) is 74.9 Å². The third-order valence-electron chi connectivity index (χ3n) is 7.04. The molecule has 0 unspecified atom stereocenters. The molecule has 156 valence electrons. The van der Waals surface area contributed by atoms with Gasteiger partial charge in [-0.05, 0) is 43.6 Å². The number of hydrogen-bond acceptors (Lipinski definition) is 6. The highest BCUT2D eigenvalue weighted by Gasteiger charge is 2.43. The van der Waals surface area contributed by atoms with Crippen LogP contribution in [0, 0.1) is 11.8 Å². The molecule has 2 aromatic rings. The van der Waals surface area contributed by atoms with Gasteiger partial charge < -0.3 is 19.7 Å². The van der Waals surface area contributed by atoms with Gasteiger partial charge in [-0.1, -0.05) is 0 Å². The Labute approximate surface area is 170 Å². The number of aliphatic hydroxyl groups excluding tert-OH is 1. The van der Waals surface area contributed by atoms with E-state index in [0.717, 1.165) is 52.0 Å². The number of nitrogens with zero attached hydrogens (tertiary/aromatic N) is 4. The molecule has 1 amide bonds. The van der Waals surface area contributed by atoms with E-state index >= 15 is 0 Å². The first-order chi connectivity index (χ1) is 14.1. The predicted octanol–water partition coefficient (Wildman–Crippen LogP) is 0.948. The lowest BCUT2D eigenvalue weighted by Crippen LogP contribution is -2.49. The molecule has 3 fully saturated rings. The van der Waals surface area contributed by atoms with Crippen molar-refractivity contribution in [2.45, 2.75) is 43.9 Å². The molecule has 0 spiro atoms. The number of carbonyl (C=O) groups excluding carboxylic acids is 1. The average molecular weight is 399 g/mol. The molecule has 0 radical (unpaired) electrons. The molecule has 2 aromatic heterocycles.